The largest absolute Gasteiger partial charge is 0.495 e. The minimum Gasteiger partial charge on any atom is -0.495 e. The van der Waals surface area contributed by atoms with Gasteiger partial charge >= 0.3 is 5.97 Å². The fourth-order valence-electron chi connectivity index (χ4n) is 6.61. The molecule has 4 aliphatic rings. The summed E-state index contributed by atoms with van der Waals surface area (Å²) in [6.07, 6.45) is -0.196. The number of rotatable bonds is 3. The number of methoxy groups -OCH3 is 2. The molecule has 1 aromatic rings. The highest BCUT2D eigenvalue weighted by molar-refractivity contribution is 6.03. The number of fused-ring (bicyclic) bond motifs is 4. The first kappa shape index (κ1) is 18.8. The lowest BCUT2D eigenvalue weighted by molar-refractivity contribution is -0.194. The van der Waals surface area contributed by atoms with Gasteiger partial charge in [0.2, 0.25) is 5.91 Å². The molecule has 0 aliphatic carbocycles. The number of esters is 1. The van der Waals surface area contributed by atoms with Gasteiger partial charge in [-0.1, -0.05) is 12.1 Å². The Morgan fingerprint density at radius 3 is 2.76 bits per heavy atom. The summed E-state index contributed by atoms with van der Waals surface area (Å²) in [6, 6.07) is 5.37. The van der Waals surface area contributed by atoms with Gasteiger partial charge in [0.15, 0.2) is 0 Å². The zero-order valence-electron chi connectivity index (χ0n) is 16.8. The van der Waals surface area contributed by atoms with Crippen molar-refractivity contribution in [2.75, 3.05) is 32.2 Å². The van der Waals surface area contributed by atoms with Crippen molar-refractivity contribution in [3.05, 3.63) is 23.8 Å². The van der Waals surface area contributed by atoms with Crippen molar-refractivity contribution in [3.8, 4) is 5.75 Å². The Hall–Kier alpha value is -2.16. The summed E-state index contributed by atoms with van der Waals surface area (Å²) < 4.78 is 10.7. The first-order chi connectivity index (χ1) is 13.8. The highest BCUT2D eigenvalue weighted by atomic mass is 16.5. The molecule has 4 aliphatic heterocycles. The molecule has 2 bridgehead atoms. The van der Waals surface area contributed by atoms with Crippen molar-refractivity contribution in [1.82, 2.24) is 4.90 Å². The van der Waals surface area contributed by atoms with E-state index in [4.69, 9.17) is 9.47 Å². The van der Waals surface area contributed by atoms with Gasteiger partial charge in [0.1, 0.15) is 22.9 Å². The average molecular weight is 402 g/mol. The van der Waals surface area contributed by atoms with Crippen LogP contribution in [0.4, 0.5) is 5.69 Å². The summed E-state index contributed by atoms with van der Waals surface area (Å²) in [7, 11) is 2.86. The number of hydrogen-bond acceptors (Lipinski definition) is 7. The van der Waals surface area contributed by atoms with Gasteiger partial charge in [0.25, 0.3) is 0 Å². The molecule has 0 radical (unpaired) electrons. The standard InChI is InChI=1S/C21H26N2O6/c1-11(24)13-10-22-8-7-20(27)14-5-4-6-15(28-2)18(14)23-16(25)9-12(13)17(19(26)29-3)21(20,22)23/h4-6,11-13,17,24,27H,7-10H2,1-3H3/t11-,12-,13+,17+,20+,21+/m1/s1. The molecule has 5 rings (SSSR count). The Bertz CT molecular complexity index is 903. The monoisotopic (exact) mass is 402 g/mol. The molecular formula is C21H26N2O6. The minimum absolute atomic E-state index is 0.110. The first-order valence-corrected chi connectivity index (χ1v) is 10.1. The number of piperidine rings is 2. The van der Waals surface area contributed by atoms with Gasteiger partial charge in [-0.15, -0.1) is 0 Å². The Kier molecular flexibility index (Phi) is 3.85. The molecule has 29 heavy (non-hydrogen) atoms. The van der Waals surface area contributed by atoms with Crippen molar-refractivity contribution >= 4 is 17.6 Å². The van der Waals surface area contributed by atoms with Crippen molar-refractivity contribution in [1.29, 1.82) is 0 Å². The zero-order chi connectivity index (χ0) is 20.7. The summed E-state index contributed by atoms with van der Waals surface area (Å²) in [5.41, 5.74) is -1.54. The molecule has 8 heteroatoms. The van der Waals surface area contributed by atoms with Crippen LogP contribution >= 0.6 is 0 Å². The maximum atomic E-state index is 13.5. The van der Waals surface area contributed by atoms with Gasteiger partial charge in [-0.2, -0.15) is 0 Å². The summed E-state index contributed by atoms with van der Waals surface area (Å²) >= 11 is 0. The van der Waals surface area contributed by atoms with E-state index in [9.17, 15) is 19.8 Å². The van der Waals surface area contributed by atoms with Crippen LogP contribution in [-0.4, -0.2) is 66.1 Å². The van der Waals surface area contributed by atoms with Gasteiger partial charge < -0.3 is 19.7 Å². The van der Waals surface area contributed by atoms with Crippen molar-refractivity contribution in [3.63, 3.8) is 0 Å². The lowest BCUT2D eigenvalue weighted by Crippen LogP contribution is -2.78. The van der Waals surface area contributed by atoms with Crippen LogP contribution in [0.5, 0.6) is 5.75 Å². The Balaban J connectivity index is 1.82. The molecule has 0 aromatic heterocycles. The normalized spacial score (nSPS) is 38.4. The Labute approximate surface area is 169 Å². The minimum atomic E-state index is -1.42. The van der Waals surface area contributed by atoms with Crippen LogP contribution in [0.15, 0.2) is 18.2 Å². The molecule has 6 atom stereocenters. The molecule has 1 amide bonds. The number of amides is 1. The molecule has 0 saturated carbocycles. The van der Waals surface area contributed by atoms with Gasteiger partial charge in [-0.05, 0) is 25.3 Å². The van der Waals surface area contributed by atoms with E-state index in [1.807, 2.05) is 11.0 Å². The number of nitrogens with zero attached hydrogens (tertiary/aromatic N) is 2. The topological polar surface area (TPSA) is 99.5 Å². The zero-order valence-corrected chi connectivity index (χ0v) is 16.8. The number of carbonyl (C=O) groups excluding carboxylic acids is 2. The third-order valence-corrected chi connectivity index (χ3v) is 7.64. The van der Waals surface area contributed by atoms with Crippen LogP contribution in [-0.2, 0) is 19.9 Å². The number of para-hydroxylation sites is 1. The molecule has 3 fully saturated rings. The molecule has 1 aromatic carbocycles. The van der Waals surface area contributed by atoms with E-state index in [1.54, 1.807) is 24.0 Å². The summed E-state index contributed by atoms with van der Waals surface area (Å²) in [4.78, 5) is 30.3. The van der Waals surface area contributed by atoms with Gasteiger partial charge in [0.05, 0.1) is 26.0 Å². The van der Waals surface area contributed by atoms with Crippen LogP contribution in [0.1, 0.15) is 25.3 Å². The van der Waals surface area contributed by atoms with Crippen LogP contribution < -0.4 is 9.64 Å². The molecular weight excluding hydrogens is 376 g/mol. The number of aliphatic hydroxyl groups excluding tert-OH is 1. The van der Waals surface area contributed by atoms with E-state index in [2.05, 4.69) is 0 Å². The number of aliphatic hydroxyl groups is 2. The maximum absolute atomic E-state index is 13.5. The molecule has 3 saturated heterocycles. The predicted octanol–water partition coefficient (Wildman–Crippen LogP) is 0.451. The lowest BCUT2D eigenvalue weighted by atomic mass is 9.61. The number of hydrogen-bond donors (Lipinski definition) is 2. The van der Waals surface area contributed by atoms with E-state index in [0.717, 1.165) is 0 Å². The van der Waals surface area contributed by atoms with Crippen molar-refractivity contribution in [2.24, 2.45) is 17.8 Å². The number of carbonyl (C=O) groups is 2. The maximum Gasteiger partial charge on any atom is 0.312 e. The summed E-state index contributed by atoms with van der Waals surface area (Å²) in [5.74, 6) is -1.59. The van der Waals surface area contributed by atoms with E-state index >= 15 is 0 Å². The molecule has 156 valence electrons. The van der Waals surface area contributed by atoms with E-state index in [0.29, 0.717) is 36.5 Å². The third kappa shape index (κ3) is 1.95. The molecule has 1 spiro atoms. The number of ether oxygens (including phenoxy) is 2. The van der Waals surface area contributed by atoms with Crippen LogP contribution in [0.2, 0.25) is 0 Å². The third-order valence-electron chi connectivity index (χ3n) is 7.64. The molecule has 2 N–H and O–H groups in total. The summed E-state index contributed by atoms with van der Waals surface area (Å²) in [5, 5.41) is 22.6. The van der Waals surface area contributed by atoms with Gasteiger partial charge in [0, 0.05) is 31.0 Å². The molecule has 8 nitrogen and oxygen atoms in total. The second-order valence-corrected chi connectivity index (χ2v) is 8.64. The molecule has 4 heterocycles. The highest BCUT2D eigenvalue weighted by Crippen LogP contribution is 2.67. The number of anilines is 1. The summed E-state index contributed by atoms with van der Waals surface area (Å²) in [6.45, 7) is 2.71. The number of benzene rings is 1. The van der Waals surface area contributed by atoms with Gasteiger partial charge in [-0.3, -0.25) is 19.4 Å². The predicted molar refractivity (Wildman–Crippen MR) is 102 cm³/mol. The first-order valence-electron chi connectivity index (χ1n) is 10.1. The lowest BCUT2D eigenvalue weighted by Gasteiger charge is -2.61. The Morgan fingerprint density at radius 1 is 1.34 bits per heavy atom. The second-order valence-electron chi connectivity index (χ2n) is 8.64. The second kappa shape index (κ2) is 5.93. The fourth-order valence-corrected chi connectivity index (χ4v) is 6.61. The van der Waals surface area contributed by atoms with E-state index in [1.165, 1.54) is 14.2 Å². The fraction of sp³-hybridized carbons (Fsp3) is 0.619. The SMILES string of the molecule is COC(=O)[C@@H]1[C@@H]2CC(=O)N3c4c(OC)cccc4[C@@]4(O)CCN(C[C@H]2[C@@H](C)O)[C@@]134. The van der Waals surface area contributed by atoms with E-state index < -0.39 is 35.2 Å². The smallest absolute Gasteiger partial charge is 0.312 e. The highest BCUT2D eigenvalue weighted by Gasteiger charge is 2.79. The van der Waals surface area contributed by atoms with Gasteiger partial charge in [-0.25, -0.2) is 0 Å². The van der Waals surface area contributed by atoms with Crippen LogP contribution in [0.25, 0.3) is 0 Å². The van der Waals surface area contributed by atoms with Crippen molar-refractivity contribution in [2.45, 2.75) is 37.1 Å². The quantitative estimate of drug-likeness (QED) is 0.708. The Morgan fingerprint density at radius 2 is 2.10 bits per heavy atom. The van der Waals surface area contributed by atoms with E-state index in [-0.39, 0.29) is 18.2 Å². The van der Waals surface area contributed by atoms with Crippen LogP contribution in [0, 0.1) is 17.8 Å². The molecule has 0 unspecified atom stereocenters. The van der Waals surface area contributed by atoms with Crippen LogP contribution in [0.3, 0.4) is 0 Å². The average Bonchev–Trinajstić information content (AvgIpc) is 3.10. The van der Waals surface area contributed by atoms with Crippen molar-refractivity contribution < 1.29 is 29.3 Å².